The lowest BCUT2D eigenvalue weighted by atomic mass is 10.4. The molecule has 1 saturated heterocycles. The molecule has 0 aromatic carbocycles. The predicted octanol–water partition coefficient (Wildman–Crippen LogP) is 1.58. The second-order valence-electron chi connectivity index (χ2n) is 3.62. The van der Waals surface area contributed by atoms with Gasteiger partial charge >= 0.3 is 0 Å². The van der Waals surface area contributed by atoms with Crippen molar-refractivity contribution in [1.29, 1.82) is 0 Å². The standard InChI is InChI=1S/C10H11N3OS2/c14-9(12-1-4-15-5-2-12)8-7-13-3-6-16-10(13)11-8/h3,6-7H,1-2,4-5H2. The van der Waals surface area contributed by atoms with Gasteiger partial charge in [-0.2, -0.15) is 11.8 Å². The van der Waals surface area contributed by atoms with E-state index in [4.69, 9.17) is 0 Å². The third-order valence-electron chi connectivity index (χ3n) is 2.61. The molecule has 0 spiro atoms. The largest absolute Gasteiger partial charge is 0.336 e. The van der Waals surface area contributed by atoms with E-state index in [0.717, 1.165) is 29.6 Å². The molecule has 1 fully saturated rings. The molecule has 0 saturated carbocycles. The van der Waals surface area contributed by atoms with Crippen molar-refractivity contribution in [3.63, 3.8) is 0 Å². The predicted molar refractivity (Wildman–Crippen MR) is 66.3 cm³/mol. The molecule has 1 aliphatic rings. The van der Waals surface area contributed by atoms with Crippen molar-refractivity contribution in [3.05, 3.63) is 23.5 Å². The van der Waals surface area contributed by atoms with Crippen molar-refractivity contribution >= 4 is 34.0 Å². The monoisotopic (exact) mass is 253 g/mol. The first kappa shape index (κ1) is 10.2. The molecule has 0 aliphatic carbocycles. The van der Waals surface area contributed by atoms with Gasteiger partial charge in [-0.05, 0) is 0 Å². The van der Waals surface area contributed by atoms with E-state index in [1.54, 1.807) is 11.3 Å². The summed E-state index contributed by atoms with van der Waals surface area (Å²) in [7, 11) is 0. The van der Waals surface area contributed by atoms with E-state index in [0.29, 0.717) is 5.69 Å². The fourth-order valence-electron chi connectivity index (χ4n) is 1.76. The summed E-state index contributed by atoms with van der Waals surface area (Å²) in [5, 5.41) is 1.97. The first-order chi connectivity index (χ1) is 7.84. The van der Waals surface area contributed by atoms with Gasteiger partial charge in [-0.25, -0.2) is 4.98 Å². The van der Waals surface area contributed by atoms with Crippen molar-refractivity contribution in [1.82, 2.24) is 14.3 Å². The maximum atomic E-state index is 12.1. The van der Waals surface area contributed by atoms with Crippen molar-refractivity contribution in [2.45, 2.75) is 0 Å². The van der Waals surface area contributed by atoms with Crippen LogP contribution in [0, 0.1) is 0 Å². The smallest absolute Gasteiger partial charge is 0.274 e. The van der Waals surface area contributed by atoms with E-state index in [-0.39, 0.29) is 5.91 Å². The van der Waals surface area contributed by atoms with Crippen LogP contribution in [0.15, 0.2) is 17.8 Å². The molecule has 1 aliphatic heterocycles. The lowest BCUT2D eigenvalue weighted by Gasteiger charge is -2.25. The number of nitrogens with zero attached hydrogens (tertiary/aromatic N) is 3. The van der Waals surface area contributed by atoms with Crippen LogP contribution in [-0.4, -0.2) is 44.8 Å². The summed E-state index contributed by atoms with van der Waals surface area (Å²) in [6.07, 6.45) is 3.74. The van der Waals surface area contributed by atoms with Gasteiger partial charge in [-0.1, -0.05) is 0 Å². The Bertz CT molecular complexity index is 484. The summed E-state index contributed by atoms with van der Waals surface area (Å²) >= 11 is 3.45. The van der Waals surface area contributed by atoms with Crippen LogP contribution in [0.2, 0.25) is 0 Å². The number of imidazole rings is 1. The minimum atomic E-state index is 0.0659. The van der Waals surface area contributed by atoms with Crippen LogP contribution >= 0.6 is 23.1 Å². The van der Waals surface area contributed by atoms with Crippen LogP contribution < -0.4 is 0 Å². The maximum absolute atomic E-state index is 12.1. The molecule has 16 heavy (non-hydrogen) atoms. The minimum absolute atomic E-state index is 0.0659. The third kappa shape index (κ3) is 1.72. The van der Waals surface area contributed by atoms with Gasteiger partial charge in [-0.15, -0.1) is 11.3 Å². The molecule has 2 aromatic rings. The quantitative estimate of drug-likeness (QED) is 0.774. The van der Waals surface area contributed by atoms with Crippen molar-refractivity contribution in [2.24, 2.45) is 0 Å². The zero-order chi connectivity index (χ0) is 11.0. The Labute approximate surface area is 101 Å². The molecule has 3 rings (SSSR count). The Balaban J connectivity index is 1.86. The van der Waals surface area contributed by atoms with Gasteiger partial charge in [0.05, 0.1) is 0 Å². The summed E-state index contributed by atoms with van der Waals surface area (Å²) in [5.41, 5.74) is 0.568. The van der Waals surface area contributed by atoms with Gasteiger partial charge in [0.1, 0.15) is 5.69 Å². The zero-order valence-corrected chi connectivity index (χ0v) is 10.3. The van der Waals surface area contributed by atoms with E-state index in [9.17, 15) is 4.79 Å². The molecule has 3 heterocycles. The van der Waals surface area contributed by atoms with Crippen LogP contribution in [0.25, 0.3) is 4.96 Å². The summed E-state index contributed by atoms with van der Waals surface area (Å²) in [5.74, 6) is 2.14. The van der Waals surface area contributed by atoms with Crippen LogP contribution in [0.1, 0.15) is 10.5 Å². The van der Waals surface area contributed by atoms with E-state index in [1.807, 2.05) is 38.8 Å². The van der Waals surface area contributed by atoms with Gasteiger partial charge in [0.2, 0.25) is 0 Å². The van der Waals surface area contributed by atoms with Gasteiger partial charge in [-0.3, -0.25) is 9.20 Å². The van der Waals surface area contributed by atoms with Crippen molar-refractivity contribution < 1.29 is 4.79 Å². The zero-order valence-electron chi connectivity index (χ0n) is 8.63. The molecule has 6 heteroatoms. The number of fused-ring (bicyclic) bond motifs is 1. The molecule has 0 bridgehead atoms. The first-order valence-electron chi connectivity index (χ1n) is 5.14. The summed E-state index contributed by atoms with van der Waals surface area (Å²) in [6, 6.07) is 0. The molecular formula is C10H11N3OS2. The Kier molecular flexibility index (Phi) is 2.61. The van der Waals surface area contributed by atoms with Gasteiger partial charge < -0.3 is 4.90 Å². The summed E-state index contributed by atoms with van der Waals surface area (Å²) in [4.78, 5) is 19.2. The number of hydrogen-bond donors (Lipinski definition) is 0. The fourth-order valence-corrected chi connectivity index (χ4v) is 3.36. The summed E-state index contributed by atoms with van der Waals surface area (Å²) < 4.78 is 1.90. The molecule has 1 amide bonds. The van der Waals surface area contributed by atoms with Crippen LogP contribution in [0.5, 0.6) is 0 Å². The SMILES string of the molecule is O=C(c1cn2ccsc2n1)N1CCSCC1. The topological polar surface area (TPSA) is 37.6 Å². The lowest BCUT2D eigenvalue weighted by Crippen LogP contribution is -2.38. The number of amides is 1. The van der Waals surface area contributed by atoms with E-state index in [2.05, 4.69) is 4.98 Å². The normalized spacial score (nSPS) is 16.9. The highest BCUT2D eigenvalue weighted by Gasteiger charge is 2.20. The fraction of sp³-hybridized carbons (Fsp3) is 0.400. The molecule has 0 radical (unpaired) electrons. The number of hydrogen-bond acceptors (Lipinski definition) is 4. The number of rotatable bonds is 1. The van der Waals surface area contributed by atoms with Crippen molar-refractivity contribution in [3.8, 4) is 0 Å². The molecule has 4 nitrogen and oxygen atoms in total. The van der Waals surface area contributed by atoms with Crippen LogP contribution in [0.3, 0.4) is 0 Å². The first-order valence-corrected chi connectivity index (χ1v) is 7.17. The van der Waals surface area contributed by atoms with Crippen LogP contribution in [-0.2, 0) is 0 Å². The van der Waals surface area contributed by atoms with E-state index < -0.39 is 0 Å². The molecule has 84 valence electrons. The Morgan fingerprint density at radius 1 is 1.38 bits per heavy atom. The molecule has 0 unspecified atom stereocenters. The molecular weight excluding hydrogens is 242 g/mol. The number of thioether (sulfide) groups is 1. The highest BCUT2D eigenvalue weighted by Crippen LogP contribution is 2.15. The van der Waals surface area contributed by atoms with Gasteiger partial charge in [0, 0.05) is 42.4 Å². The number of carbonyl (C=O) groups excluding carboxylic acids is 1. The van der Waals surface area contributed by atoms with E-state index >= 15 is 0 Å². The maximum Gasteiger partial charge on any atom is 0.274 e. The summed E-state index contributed by atoms with van der Waals surface area (Å²) in [6.45, 7) is 1.68. The third-order valence-corrected chi connectivity index (χ3v) is 4.32. The molecule has 0 N–H and O–H groups in total. The Hall–Kier alpha value is -1.01. The van der Waals surface area contributed by atoms with Gasteiger partial charge in [0.15, 0.2) is 4.96 Å². The highest BCUT2D eigenvalue weighted by molar-refractivity contribution is 7.99. The van der Waals surface area contributed by atoms with Crippen molar-refractivity contribution in [2.75, 3.05) is 24.6 Å². The van der Waals surface area contributed by atoms with Gasteiger partial charge in [0.25, 0.3) is 5.91 Å². The molecule has 0 atom stereocenters. The lowest BCUT2D eigenvalue weighted by molar-refractivity contribution is 0.0767. The number of aromatic nitrogens is 2. The van der Waals surface area contributed by atoms with E-state index in [1.165, 1.54) is 0 Å². The second kappa shape index (κ2) is 4.10. The average Bonchev–Trinajstić information content (AvgIpc) is 2.89. The number of carbonyl (C=O) groups is 1. The Morgan fingerprint density at radius 3 is 2.94 bits per heavy atom. The highest BCUT2D eigenvalue weighted by atomic mass is 32.2. The average molecular weight is 253 g/mol. The second-order valence-corrected chi connectivity index (χ2v) is 5.72. The Morgan fingerprint density at radius 2 is 2.19 bits per heavy atom. The molecule has 2 aromatic heterocycles. The number of thiazole rings is 1. The minimum Gasteiger partial charge on any atom is -0.336 e. The van der Waals surface area contributed by atoms with Crippen LogP contribution in [0.4, 0.5) is 0 Å².